The molecule has 0 fully saturated rings. The van der Waals surface area contributed by atoms with Crippen LogP contribution in [0.25, 0.3) is 0 Å². The topological polar surface area (TPSA) is 56.0 Å². The molecule has 0 bridgehead atoms. The summed E-state index contributed by atoms with van der Waals surface area (Å²) in [7, 11) is 0. The molecule has 0 aliphatic carbocycles. The van der Waals surface area contributed by atoms with Crippen molar-refractivity contribution in [3.8, 4) is 0 Å². The van der Waals surface area contributed by atoms with E-state index in [4.69, 9.17) is 5.73 Å². The van der Waals surface area contributed by atoms with Gasteiger partial charge in [0.1, 0.15) is 0 Å². The Balaban J connectivity index is 2.43. The van der Waals surface area contributed by atoms with E-state index in [0.717, 1.165) is 12.1 Å². The van der Waals surface area contributed by atoms with Gasteiger partial charge in [0.25, 0.3) is 0 Å². The normalized spacial score (nSPS) is 11.3. The van der Waals surface area contributed by atoms with Crippen molar-refractivity contribution in [1.29, 1.82) is 0 Å². The summed E-state index contributed by atoms with van der Waals surface area (Å²) in [4.78, 5) is 15.8. The van der Waals surface area contributed by atoms with Crippen LogP contribution in [-0.4, -0.2) is 10.8 Å². The number of benzene rings is 1. The summed E-state index contributed by atoms with van der Waals surface area (Å²) in [6.07, 6.45) is -1.85. The molecule has 98 valence electrons. The van der Waals surface area contributed by atoms with Crippen molar-refractivity contribution in [3.05, 3.63) is 59.4 Å². The predicted molar refractivity (Wildman–Crippen MR) is 63.5 cm³/mol. The lowest BCUT2D eigenvalue weighted by Gasteiger charge is -2.09. The molecule has 1 heterocycles. The van der Waals surface area contributed by atoms with Gasteiger partial charge in [0, 0.05) is 17.3 Å². The number of carbonyl (C=O) groups excluding carboxylic acids is 1. The highest BCUT2D eigenvalue weighted by Gasteiger charge is 2.31. The lowest BCUT2D eigenvalue weighted by atomic mass is 10.0. The third-order valence-corrected chi connectivity index (χ3v) is 2.55. The molecular formula is C13H9F3N2O. The fourth-order valence-corrected chi connectivity index (χ4v) is 1.61. The predicted octanol–water partition coefficient (Wildman–Crippen LogP) is 2.91. The second-order valence-corrected chi connectivity index (χ2v) is 3.87. The summed E-state index contributed by atoms with van der Waals surface area (Å²) in [6.45, 7) is 0. The van der Waals surface area contributed by atoms with Gasteiger partial charge in [0.05, 0.1) is 17.4 Å². The van der Waals surface area contributed by atoms with Crippen LogP contribution in [0.2, 0.25) is 0 Å². The zero-order valence-electron chi connectivity index (χ0n) is 9.61. The molecule has 6 heteroatoms. The third-order valence-electron chi connectivity index (χ3n) is 2.55. The second-order valence-electron chi connectivity index (χ2n) is 3.87. The van der Waals surface area contributed by atoms with Gasteiger partial charge in [0.2, 0.25) is 0 Å². The van der Waals surface area contributed by atoms with Gasteiger partial charge >= 0.3 is 6.18 Å². The maximum absolute atomic E-state index is 12.6. The average molecular weight is 266 g/mol. The molecule has 0 amide bonds. The van der Waals surface area contributed by atoms with Gasteiger partial charge in [-0.15, -0.1) is 0 Å². The fraction of sp³-hybridized carbons (Fsp3) is 0.0769. The van der Waals surface area contributed by atoms with Crippen LogP contribution in [0.5, 0.6) is 0 Å². The number of nitrogen functional groups attached to an aromatic ring is 1. The smallest absolute Gasteiger partial charge is 0.397 e. The number of hydrogen-bond donors (Lipinski definition) is 1. The van der Waals surface area contributed by atoms with Gasteiger partial charge in [-0.2, -0.15) is 13.2 Å². The van der Waals surface area contributed by atoms with Crippen molar-refractivity contribution >= 4 is 11.5 Å². The van der Waals surface area contributed by atoms with Crippen LogP contribution in [0.15, 0.2) is 42.7 Å². The maximum Gasteiger partial charge on any atom is 0.416 e. The summed E-state index contributed by atoms with van der Waals surface area (Å²) >= 11 is 0. The van der Waals surface area contributed by atoms with E-state index >= 15 is 0 Å². The zero-order valence-corrected chi connectivity index (χ0v) is 9.61. The molecule has 2 N–H and O–H groups in total. The Labute approximate surface area is 106 Å². The Morgan fingerprint density at radius 2 is 1.95 bits per heavy atom. The van der Waals surface area contributed by atoms with E-state index in [1.54, 1.807) is 0 Å². The number of ketones is 1. The molecule has 1 aromatic heterocycles. The molecule has 0 unspecified atom stereocenters. The molecule has 0 aliphatic heterocycles. The number of rotatable bonds is 2. The van der Waals surface area contributed by atoms with E-state index < -0.39 is 17.5 Å². The Bertz CT molecular complexity index is 623. The number of hydrogen-bond acceptors (Lipinski definition) is 3. The van der Waals surface area contributed by atoms with Crippen molar-refractivity contribution < 1.29 is 18.0 Å². The van der Waals surface area contributed by atoms with Crippen LogP contribution in [0.3, 0.4) is 0 Å². The minimum Gasteiger partial charge on any atom is -0.397 e. The monoisotopic (exact) mass is 266 g/mol. The molecule has 0 spiro atoms. The molecule has 0 radical (unpaired) electrons. The minimum absolute atomic E-state index is 0.0623. The highest BCUT2D eigenvalue weighted by Crippen LogP contribution is 2.30. The molecule has 0 saturated carbocycles. The standard InChI is InChI=1S/C13H9F3N2O/c14-13(15,16)9-3-1-2-8(6-9)12(19)10-4-5-18-7-11(10)17/h1-7H,17H2. The first kappa shape index (κ1) is 13.1. The largest absolute Gasteiger partial charge is 0.416 e. The summed E-state index contributed by atoms with van der Waals surface area (Å²) in [5, 5.41) is 0. The highest BCUT2D eigenvalue weighted by atomic mass is 19.4. The van der Waals surface area contributed by atoms with E-state index in [1.165, 1.54) is 30.6 Å². The van der Waals surface area contributed by atoms with E-state index in [2.05, 4.69) is 4.98 Å². The molecule has 0 atom stereocenters. The van der Waals surface area contributed by atoms with E-state index in [9.17, 15) is 18.0 Å². The minimum atomic E-state index is -4.49. The molecule has 3 nitrogen and oxygen atoms in total. The first-order valence-electron chi connectivity index (χ1n) is 5.31. The zero-order chi connectivity index (χ0) is 14.0. The van der Waals surface area contributed by atoms with Crippen LogP contribution >= 0.6 is 0 Å². The summed E-state index contributed by atoms with van der Waals surface area (Å²) in [5.41, 5.74) is 4.91. The number of pyridine rings is 1. The number of nitrogens with two attached hydrogens (primary N) is 1. The van der Waals surface area contributed by atoms with Crippen LogP contribution in [0.1, 0.15) is 21.5 Å². The lowest BCUT2D eigenvalue weighted by molar-refractivity contribution is -0.137. The van der Waals surface area contributed by atoms with E-state index in [1.807, 2.05) is 0 Å². The molecule has 2 aromatic rings. The van der Waals surface area contributed by atoms with Crippen molar-refractivity contribution in [3.63, 3.8) is 0 Å². The average Bonchev–Trinajstić information content (AvgIpc) is 2.38. The van der Waals surface area contributed by atoms with Crippen molar-refractivity contribution in [1.82, 2.24) is 4.98 Å². The third kappa shape index (κ3) is 2.73. The quantitative estimate of drug-likeness (QED) is 0.850. The Kier molecular flexibility index (Phi) is 3.25. The van der Waals surface area contributed by atoms with Crippen molar-refractivity contribution in [2.24, 2.45) is 0 Å². The maximum atomic E-state index is 12.6. The Morgan fingerprint density at radius 3 is 2.58 bits per heavy atom. The van der Waals surface area contributed by atoms with Crippen LogP contribution in [0, 0.1) is 0 Å². The fourth-order valence-electron chi connectivity index (χ4n) is 1.61. The summed E-state index contributed by atoms with van der Waals surface area (Å²) in [6, 6.07) is 5.59. The molecular weight excluding hydrogens is 257 g/mol. The molecule has 2 rings (SSSR count). The van der Waals surface area contributed by atoms with Crippen LogP contribution in [-0.2, 0) is 6.18 Å². The number of carbonyl (C=O) groups is 1. The van der Waals surface area contributed by atoms with Gasteiger partial charge in [-0.1, -0.05) is 12.1 Å². The number of aromatic nitrogens is 1. The molecule has 0 saturated heterocycles. The SMILES string of the molecule is Nc1cnccc1C(=O)c1cccc(C(F)(F)F)c1. The van der Waals surface area contributed by atoms with Crippen molar-refractivity contribution in [2.45, 2.75) is 6.18 Å². The van der Waals surface area contributed by atoms with E-state index in [0.29, 0.717) is 0 Å². The Hall–Kier alpha value is -2.37. The number of alkyl halides is 3. The van der Waals surface area contributed by atoms with Gasteiger partial charge in [-0.25, -0.2) is 0 Å². The molecule has 19 heavy (non-hydrogen) atoms. The molecule has 1 aromatic carbocycles. The Morgan fingerprint density at radius 1 is 1.21 bits per heavy atom. The van der Waals surface area contributed by atoms with Crippen LogP contribution in [0.4, 0.5) is 18.9 Å². The number of anilines is 1. The first-order valence-corrected chi connectivity index (χ1v) is 5.31. The molecule has 0 aliphatic rings. The lowest BCUT2D eigenvalue weighted by Crippen LogP contribution is -2.09. The van der Waals surface area contributed by atoms with Crippen molar-refractivity contribution in [2.75, 3.05) is 5.73 Å². The van der Waals surface area contributed by atoms with Gasteiger partial charge in [0.15, 0.2) is 5.78 Å². The first-order chi connectivity index (χ1) is 8.89. The highest BCUT2D eigenvalue weighted by molar-refractivity contribution is 6.12. The summed E-state index contributed by atoms with van der Waals surface area (Å²) in [5.74, 6) is -0.564. The van der Waals surface area contributed by atoms with E-state index in [-0.39, 0.29) is 16.8 Å². The second kappa shape index (κ2) is 4.72. The van der Waals surface area contributed by atoms with Gasteiger partial charge < -0.3 is 5.73 Å². The number of halogens is 3. The number of nitrogens with zero attached hydrogens (tertiary/aromatic N) is 1. The van der Waals surface area contributed by atoms with Gasteiger partial charge in [-0.05, 0) is 18.2 Å². The van der Waals surface area contributed by atoms with Crippen LogP contribution < -0.4 is 5.73 Å². The van der Waals surface area contributed by atoms with Gasteiger partial charge in [-0.3, -0.25) is 9.78 Å². The summed E-state index contributed by atoms with van der Waals surface area (Å²) < 4.78 is 37.7.